The lowest BCUT2D eigenvalue weighted by molar-refractivity contribution is -0.124. The highest BCUT2D eigenvalue weighted by Gasteiger charge is 2.15. The highest BCUT2D eigenvalue weighted by molar-refractivity contribution is 7.20. The Bertz CT molecular complexity index is 1130. The lowest BCUT2D eigenvalue weighted by Crippen LogP contribution is -2.31. The summed E-state index contributed by atoms with van der Waals surface area (Å²) in [4.78, 5) is 24.9. The molecule has 0 saturated heterocycles. The van der Waals surface area contributed by atoms with Crippen molar-refractivity contribution in [3.63, 3.8) is 0 Å². The van der Waals surface area contributed by atoms with Crippen molar-refractivity contribution in [1.29, 1.82) is 0 Å². The first-order valence-electron chi connectivity index (χ1n) is 9.04. The van der Waals surface area contributed by atoms with E-state index in [-0.39, 0.29) is 18.6 Å². The number of rotatable bonds is 5. The topological polar surface area (TPSA) is 55.4 Å². The average Bonchev–Trinajstić information content (AvgIpc) is 3.16. The molecule has 0 aliphatic heterocycles. The number of amides is 1. The summed E-state index contributed by atoms with van der Waals surface area (Å²) in [6.45, 7) is 1.61. The maximum Gasteiger partial charge on any atom is 0.348 e. The van der Waals surface area contributed by atoms with Crippen LogP contribution in [0, 0.1) is 0 Å². The molecule has 1 amide bonds. The van der Waals surface area contributed by atoms with Gasteiger partial charge < -0.3 is 10.1 Å². The molecule has 140 valence electrons. The van der Waals surface area contributed by atoms with E-state index in [1.165, 1.54) is 11.3 Å². The molecule has 0 saturated carbocycles. The lowest BCUT2D eigenvalue weighted by atomic mass is 10.0. The van der Waals surface area contributed by atoms with E-state index in [2.05, 4.69) is 17.4 Å². The Hall–Kier alpha value is -3.18. The number of carbonyl (C=O) groups is 2. The normalized spacial score (nSPS) is 12.0. The molecule has 4 rings (SSSR count). The second-order valence-corrected chi connectivity index (χ2v) is 7.70. The number of nitrogens with one attached hydrogen (secondary N) is 1. The van der Waals surface area contributed by atoms with Crippen LogP contribution in [0.15, 0.2) is 72.8 Å². The van der Waals surface area contributed by atoms with E-state index in [1.807, 2.05) is 61.5 Å². The minimum Gasteiger partial charge on any atom is -0.451 e. The van der Waals surface area contributed by atoms with Crippen LogP contribution >= 0.6 is 11.3 Å². The largest absolute Gasteiger partial charge is 0.451 e. The van der Waals surface area contributed by atoms with Gasteiger partial charge in [0.25, 0.3) is 5.91 Å². The summed E-state index contributed by atoms with van der Waals surface area (Å²) in [5.41, 5.74) is 1.00. The third-order valence-electron chi connectivity index (χ3n) is 4.61. The van der Waals surface area contributed by atoms with Crippen molar-refractivity contribution in [1.82, 2.24) is 5.32 Å². The Morgan fingerprint density at radius 1 is 0.929 bits per heavy atom. The smallest absolute Gasteiger partial charge is 0.348 e. The van der Waals surface area contributed by atoms with Crippen molar-refractivity contribution in [2.45, 2.75) is 13.0 Å². The van der Waals surface area contributed by atoms with Crippen LogP contribution in [0.4, 0.5) is 0 Å². The second kappa shape index (κ2) is 7.82. The molecule has 4 nitrogen and oxygen atoms in total. The van der Waals surface area contributed by atoms with Crippen LogP contribution in [0.25, 0.3) is 20.9 Å². The van der Waals surface area contributed by atoms with Crippen LogP contribution in [0.3, 0.4) is 0 Å². The van der Waals surface area contributed by atoms with E-state index < -0.39 is 5.97 Å². The summed E-state index contributed by atoms with van der Waals surface area (Å²) in [6, 6.07) is 23.5. The minimum atomic E-state index is -0.477. The number of fused-ring (bicyclic) bond motifs is 2. The highest BCUT2D eigenvalue weighted by atomic mass is 32.1. The van der Waals surface area contributed by atoms with Gasteiger partial charge in [0, 0.05) is 4.70 Å². The Balaban J connectivity index is 1.35. The molecule has 0 aliphatic rings. The zero-order valence-electron chi connectivity index (χ0n) is 15.3. The molecule has 28 heavy (non-hydrogen) atoms. The van der Waals surface area contributed by atoms with Crippen LogP contribution in [-0.2, 0) is 9.53 Å². The Kier molecular flexibility index (Phi) is 5.08. The standard InChI is InChI=1S/C23H19NO3S/c1-15(17-11-10-16-6-2-3-7-18(16)12-17)24-22(25)14-27-23(26)21-13-19-8-4-5-9-20(19)28-21/h2-13,15H,14H2,1H3,(H,24,25)/t15-/m0/s1. The van der Waals surface area contributed by atoms with E-state index in [1.54, 1.807) is 6.07 Å². The molecular weight excluding hydrogens is 370 g/mol. The van der Waals surface area contributed by atoms with Crippen LogP contribution in [0.1, 0.15) is 28.2 Å². The van der Waals surface area contributed by atoms with Crippen molar-refractivity contribution < 1.29 is 14.3 Å². The van der Waals surface area contributed by atoms with Crippen molar-refractivity contribution in [3.05, 3.63) is 83.2 Å². The summed E-state index contributed by atoms with van der Waals surface area (Å²) >= 11 is 1.36. The fourth-order valence-corrected chi connectivity index (χ4v) is 4.08. The van der Waals surface area contributed by atoms with Crippen LogP contribution in [0.5, 0.6) is 0 Å². The first-order valence-corrected chi connectivity index (χ1v) is 9.85. The van der Waals surface area contributed by atoms with Gasteiger partial charge in [-0.15, -0.1) is 11.3 Å². The van der Waals surface area contributed by atoms with Crippen LogP contribution in [-0.4, -0.2) is 18.5 Å². The predicted molar refractivity (Wildman–Crippen MR) is 113 cm³/mol. The molecule has 5 heteroatoms. The van der Waals surface area contributed by atoms with Gasteiger partial charge in [-0.25, -0.2) is 4.79 Å². The molecule has 1 N–H and O–H groups in total. The molecule has 0 bridgehead atoms. The molecule has 3 aromatic carbocycles. The fraction of sp³-hybridized carbons (Fsp3) is 0.130. The van der Waals surface area contributed by atoms with Gasteiger partial charge in [-0.1, -0.05) is 54.6 Å². The first kappa shape index (κ1) is 18.2. The third-order valence-corrected chi connectivity index (χ3v) is 5.71. The van der Waals surface area contributed by atoms with E-state index in [0.717, 1.165) is 26.4 Å². The summed E-state index contributed by atoms with van der Waals surface area (Å²) in [5.74, 6) is -0.801. The molecule has 0 fully saturated rings. The fourth-order valence-electron chi connectivity index (χ4n) is 3.13. The molecule has 0 unspecified atom stereocenters. The van der Waals surface area contributed by atoms with Gasteiger partial charge in [0.1, 0.15) is 4.88 Å². The van der Waals surface area contributed by atoms with E-state index >= 15 is 0 Å². The zero-order valence-corrected chi connectivity index (χ0v) is 16.2. The van der Waals surface area contributed by atoms with Crippen molar-refractivity contribution in [3.8, 4) is 0 Å². The quantitative estimate of drug-likeness (QED) is 0.484. The number of carbonyl (C=O) groups excluding carboxylic acids is 2. The summed E-state index contributed by atoms with van der Waals surface area (Å²) < 4.78 is 6.20. The molecule has 0 radical (unpaired) electrons. The molecular formula is C23H19NO3S. The number of thiophene rings is 1. The summed E-state index contributed by atoms with van der Waals surface area (Å²) in [5, 5.41) is 6.15. The number of hydrogen-bond acceptors (Lipinski definition) is 4. The van der Waals surface area contributed by atoms with E-state index in [4.69, 9.17) is 4.74 Å². The molecule has 1 aromatic heterocycles. The second-order valence-electron chi connectivity index (χ2n) is 6.62. The van der Waals surface area contributed by atoms with Crippen molar-refractivity contribution in [2.75, 3.05) is 6.61 Å². The van der Waals surface area contributed by atoms with Crippen LogP contribution in [0.2, 0.25) is 0 Å². The maximum absolute atomic E-state index is 12.2. The van der Waals surface area contributed by atoms with Gasteiger partial charge in [-0.2, -0.15) is 0 Å². The SMILES string of the molecule is C[C@H](NC(=O)COC(=O)c1cc2ccccc2s1)c1ccc2ccccc2c1. The monoisotopic (exact) mass is 389 g/mol. The molecule has 4 aromatic rings. The molecule has 1 atom stereocenters. The van der Waals surface area contributed by atoms with Crippen LogP contribution < -0.4 is 5.32 Å². The average molecular weight is 389 g/mol. The highest BCUT2D eigenvalue weighted by Crippen LogP contribution is 2.25. The van der Waals surface area contributed by atoms with Gasteiger partial charge in [0.2, 0.25) is 0 Å². The van der Waals surface area contributed by atoms with Gasteiger partial charge in [0.15, 0.2) is 6.61 Å². The first-order chi connectivity index (χ1) is 13.6. The van der Waals surface area contributed by atoms with Gasteiger partial charge in [0.05, 0.1) is 6.04 Å². The maximum atomic E-state index is 12.2. The van der Waals surface area contributed by atoms with Gasteiger partial charge in [-0.05, 0) is 46.8 Å². The van der Waals surface area contributed by atoms with Crippen molar-refractivity contribution in [2.24, 2.45) is 0 Å². The summed E-state index contributed by atoms with van der Waals surface area (Å²) in [6.07, 6.45) is 0. The minimum absolute atomic E-state index is 0.180. The summed E-state index contributed by atoms with van der Waals surface area (Å²) in [7, 11) is 0. The van der Waals surface area contributed by atoms with E-state index in [0.29, 0.717) is 4.88 Å². The Labute approximate surface area is 166 Å². The predicted octanol–water partition coefficient (Wildman–Crippen LogP) is 5.09. The number of esters is 1. The zero-order chi connectivity index (χ0) is 19.5. The molecule has 0 aliphatic carbocycles. The molecule has 1 heterocycles. The Morgan fingerprint density at radius 3 is 2.43 bits per heavy atom. The van der Waals surface area contributed by atoms with Gasteiger partial charge in [-0.3, -0.25) is 4.79 Å². The van der Waals surface area contributed by atoms with Gasteiger partial charge >= 0.3 is 5.97 Å². The Morgan fingerprint density at radius 2 is 1.64 bits per heavy atom. The molecule has 0 spiro atoms. The number of benzene rings is 3. The number of hydrogen-bond donors (Lipinski definition) is 1. The van der Waals surface area contributed by atoms with Crippen molar-refractivity contribution >= 4 is 44.1 Å². The third kappa shape index (κ3) is 3.89. The van der Waals surface area contributed by atoms with E-state index in [9.17, 15) is 9.59 Å². The number of ether oxygens (including phenoxy) is 1. The lowest BCUT2D eigenvalue weighted by Gasteiger charge is -2.15.